The first kappa shape index (κ1) is 17.8. The van der Waals surface area contributed by atoms with Gasteiger partial charge in [0, 0.05) is 18.7 Å². The van der Waals surface area contributed by atoms with Crippen LogP contribution in [0.1, 0.15) is 20.7 Å². The lowest BCUT2D eigenvalue weighted by molar-refractivity contribution is 0.0953. The molecule has 4 N–H and O–H groups in total. The Kier molecular flexibility index (Phi) is 6.17. The van der Waals surface area contributed by atoms with Crippen molar-refractivity contribution in [2.45, 2.75) is 0 Å². The van der Waals surface area contributed by atoms with Gasteiger partial charge in [0.05, 0.1) is 23.4 Å². The number of anilines is 1. The van der Waals surface area contributed by atoms with Crippen LogP contribution < -0.4 is 21.1 Å². The molecule has 0 aliphatic heterocycles. The summed E-state index contributed by atoms with van der Waals surface area (Å²) in [5, 5.41) is 5.68. The van der Waals surface area contributed by atoms with Crippen LogP contribution in [0.25, 0.3) is 0 Å². The lowest BCUT2D eigenvalue weighted by atomic mass is 10.1. The van der Waals surface area contributed by atoms with Crippen LogP contribution in [-0.4, -0.2) is 32.0 Å². The molecule has 0 aliphatic rings. The zero-order valence-corrected chi connectivity index (χ0v) is 13.9. The zero-order valence-electron chi connectivity index (χ0n) is 13.1. The molecule has 2 amide bonds. The predicted molar refractivity (Wildman–Crippen MR) is 93.8 cm³/mol. The van der Waals surface area contributed by atoms with E-state index < -0.39 is 0 Å². The fraction of sp³-hybridized carbons (Fsp3) is 0.176. The smallest absolute Gasteiger partial charge is 0.259 e. The van der Waals surface area contributed by atoms with Crippen molar-refractivity contribution in [1.82, 2.24) is 5.32 Å². The van der Waals surface area contributed by atoms with Gasteiger partial charge in [-0.2, -0.15) is 0 Å². The lowest BCUT2D eigenvalue weighted by Gasteiger charge is -2.11. The van der Waals surface area contributed by atoms with Gasteiger partial charge in [0.25, 0.3) is 11.8 Å². The van der Waals surface area contributed by atoms with E-state index in [-0.39, 0.29) is 11.8 Å². The Morgan fingerprint density at radius 2 is 1.92 bits per heavy atom. The molecule has 0 heterocycles. The Labute approximate surface area is 144 Å². The molecule has 6 nitrogen and oxygen atoms in total. The number of benzene rings is 2. The molecule has 0 saturated heterocycles. The van der Waals surface area contributed by atoms with Crippen LogP contribution in [0.4, 0.5) is 5.69 Å². The second-order valence-electron chi connectivity index (χ2n) is 4.89. The lowest BCUT2D eigenvalue weighted by Crippen LogP contribution is -2.29. The summed E-state index contributed by atoms with van der Waals surface area (Å²) in [6, 6.07) is 11.5. The predicted octanol–water partition coefficient (Wildman–Crippen LogP) is 2.29. The molecule has 0 unspecified atom stereocenters. The molecule has 0 aliphatic carbocycles. The highest BCUT2D eigenvalue weighted by molar-refractivity contribution is 6.34. The molecule has 0 fully saturated rings. The number of hydrogen-bond acceptors (Lipinski definition) is 4. The Bertz CT molecular complexity index is 750. The van der Waals surface area contributed by atoms with Gasteiger partial charge in [0.15, 0.2) is 0 Å². The second kappa shape index (κ2) is 8.33. The molecule has 126 valence electrons. The van der Waals surface area contributed by atoms with Crippen LogP contribution in [0, 0.1) is 0 Å². The number of carbonyl (C=O) groups excluding carboxylic acids is 2. The van der Waals surface area contributed by atoms with E-state index in [4.69, 9.17) is 22.1 Å². The average Bonchev–Trinajstić information content (AvgIpc) is 2.61. The molecule has 0 radical (unpaired) electrons. The van der Waals surface area contributed by atoms with Crippen LogP contribution in [-0.2, 0) is 0 Å². The topological polar surface area (TPSA) is 93.4 Å². The molecule has 24 heavy (non-hydrogen) atoms. The van der Waals surface area contributed by atoms with E-state index in [1.807, 2.05) is 0 Å². The highest BCUT2D eigenvalue weighted by Crippen LogP contribution is 2.25. The van der Waals surface area contributed by atoms with E-state index in [1.165, 1.54) is 13.2 Å². The normalized spacial score (nSPS) is 10.1. The number of rotatable bonds is 6. The van der Waals surface area contributed by atoms with E-state index in [1.54, 1.807) is 36.4 Å². The van der Waals surface area contributed by atoms with Gasteiger partial charge in [-0.25, -0.2) is 0 Å². The number of nitrogens with two attached hydrogens (primary N) is 1. The van der Waals surface area contributed by atoms with Gasteiger partial charge < -0.3 is 21.1 Å². The molecule has 0 spiro atoms. The van der Waals surface area contributed by atoms with E-state index in [9.17, 15) is 9.59 Å². The Morgan fingerprint density at radius 1 is 1.17 bits per heavy atom. The number of ether oxygens (including phenoxy) is 1. The van der Waals surface area contributed by atoms with Crippen LogP contribution in [0.5, 0.6) is 5.75 Å². The van der Waals surface area contributed by atoms with Gasteiger partial charge in [-0.05, 0) is 30.3 Å². The number of para-hydroxylation sites is 1. The van der Waals surface area contributed by atoms with Crippen molar-refractivity contribution in [1.29, 1.82) is 0 Å². The minimum Gasteiger partial charge on any atom is -0.496 e. The molecule has 0 atom stereocenters. The van der Waals surface area contributed by atoms with E-state index in [0.29, 0.717) is 40.7 Å². The van der Waals surface area contributed by atoms with Gasteiger partial charge in [-0.3, -0.25) is 9.59 Å². The standard InChI is InChI=1S/C17H18ClN3O3/c1-24-15-5-3-2-4-12(15)17(23)21-14-10-11(6-7-13(14)18)16(22)20-9-8-19/h2-7,10H,8-9,19H2,1H3,(H,20,22)(H,21,23). The Hall–Kier alpha value is -2.57. The molecule has 0 saturated carbocycles. The van der Waals surface area contributed by atoms with Gasteiger partial charge in [-0.15, -0.1) is 0 Å². The van der Waals surface area contributed by atoms with Crippen molar-refractivity contribution in [3.8, 4) is 5.75 Å². The minimum absolute atomic E-state index is 0.287. The number of hydrogen-bond donors (Lipinski definition) is 3. The Balaban J connectivity index is 2.22. The monoisotopic (exact) mass is 347 g/mol. The van der Waals surface area contributed by atoms with E-state index >= 15 is 0 Å². The number of methoxy groups -OCH3 is 1. The van der Waals surface area contributed by atoms with Crippen LogP contribution in [0.3, 0.4) is 0 Å². The fourth-order valence-corrected chi connectivity index (χ4v) is 2.24. The van der Waals surface area contributed by atoms with Crippen LogP contribution >= 0.6 is 11.6 Å². The maximum absolute atomic E-state index is 12.4. The van der Waals surface area contributed by atoms with Gasteiger partial charge in [0.2, 0.25) is 0 Å². The first-order valence-electron chi connectivity index (χ1n) is 7.29. The highest BCUT2D eigenvalue weighted by Gasteiger charge is 2.15. The fourth-order valence-electron chi connectivity index (χ4n) is 2.07. The molecule has 0 aromatic heterocycles. The maximum Gasteiger partial charge on any atom is 0.259 e. The molecule has 0 bridgehead atoms. The third kappa shape index (κ3) is 4.24. The number of amides is 2. The summed E-state index contributed by atoms with van der Waals surface area (Å²) in [4.78, 5) is 24.4. The first-order valence-corrected chi connectivity index (χ1v) is 7.66. The Morgan fingerprint density at radius 3 is 2.62 bits per heavy atom. The maximum atomic E-state index is 12.4. The zero-order chi connectivity index (χ0) is 17.5. The van der Waals surface area contributed by atoms with Gasteiger partial charge in [-0.1, -0.05) is 23.7 Å². The molecular formula is C17H18ClN3O3. The van der Waals surface area contributed by atoms with Crippen molar-refractivity contribution in [3.05, 3.63) is 58.6 Å². The summed E-state index contributed by atoms with van der Waals surface area (Å²) < 4.78 is 5.17. The number of halogens is 1. The molecular weight excluding hydrogens is 330 g/mol. The number of nitrogens with one attached hydrogen (secondary N) is 2. The van der Waals surface area contributed by atoms with E-state index in [0.717, 1.165) is 0 Å². The SMILES string of the molecule is COc1ccccc1C(=O)Nc1cc(C(=O)NCCN)ccc1Cl. The molecule has 2 rings (SSSR count). The van der Waals surface area contributed by atoms with Crippen molar-refractivity contribution in [2.75, 3.05) is 25.5 Å². The van der Waals surface area contributed by atoms with Crippen molar-refractivity contribution >= 4 is 29.1 Å². The summed E-state index contributed by atoms with van der Waals surface area (Å²) in [6.07, 6.45) is 0. The second-order valence-corrected chi connectivity index (χ2v) is 5.30. The molecule has 7 heteroatoms. The first-order chi connectivity index (χ1) is 11.6. The van der Waals surface area contributed by atoms with Crippen molar-refractivity contribution < 1.29 is 14.3 Å². The van der Waals surface area contributed by atoms with Gasteiger partial charge >= 0.3 is 0 Å². The molecule has 2 aromatic rings. The van der Waals surface area contributed by atoms with E-state index in [2.05, 4.69) is 10.6 Å². The highest BCUT2D eigenvalue weighted by atomic mass is 35.5. The summed E-state index contributed by atoms with van der Waals surface area (Å²) in [5.74, 6) is -0.221. The van der Waals surface area contributed by atoms with Crippen LogP contribution in [0.15, 0.2) is 42.5 Å². The van der Waals surface area contributed by atoms with Crippen molar-refractivity contribution in [3.63, 3.8) is 0 Å². The quantitative estimate of drug-likeness (QED) is 0.747. The van der Waals surface area contributed by atoms with Gasteiger partial charge in [0.1, 0.15) is 5.75 Å². The summed E-state index contributed by atoms with van der Waals surface area (Å²) in [6.45, 7) is 0.709. The van der Waals surface area contributed by atoms with Crippen LogP contribution in [0.2, 0.25) is 5.02 Å². The largest absolute Gasteiger partial charge is 0.496 e. The number of carbonyl (C=O) groups is 2. The third-order valence-electron chi connectivity index (χ3n) is 3.26. The summed E-state index contributed by atoms with van der Waals surface area (Å²) >= 11 is 6.11. The van der Waals surface area contributed by atoms with Crippen molar-refractivity contribution in [2.24, 2.45) is 5.73 Å². The summed E-state index contributed by atoms with van der Waals surface area (Å²) in [7, 11) is 1.49. The minimum atomic E-state index is -0.381. The summed E-state index contributed by atoms with van der Waals surface area (Å²) in [5.41, 5.74) is 6.45. The molecule has 2 aromatic carbocycles. The third-order valence-corrected chi connectivity index (χ3v) is 3.59. The average molecular weight is 348 g/mol.